The van der Waals surface area contributed by atoms with Crippen molar-refractivity contribution in [3.05, 3.63) is 0 Å². The van der Waals surface area contributed by atoms with Gasteiger partial charge < -0.3 is 82.9 Å². The van der Waals surface area contributed by atoms with E-state index in [-0.39, 0.29) is 19.4 Å². The van der Waals surface area contributed by atoms with Crippen LogP contribution in [-0.4, -0.2) is 153 Å². The average molecular weight is 560 g/mol. The average Bonchev–Trinajstić information content (AvgIpc) is 3.16. The number of amides is 1. The van der Waals surface area contributed by atoms with Crippen molar-refractivity contribution in [3.8, 4) is 0 Å². The maximum Gasteiger partial charge on any atom is 0.249 e. The lowest BCUT2D eigenvalue weighted by Gasteiger charge is -2.45. The second-order valence-corrected chi connectivity index (χ2v) is 10.1. The quantitative estimate of drug-likeness (QED) is 0.119. The Labute approximate surface area is 218 Å². The number of carbonyl (C=O) groups excluding carboxylic acids is 1. The Morgan fingerprint density at radius 1 is 0.895 bits per heavy atom. The predicted octanol–water partition coefficient (Wildman–Crippen LogP) is -10.7. The highest BCUT2D eigenvalue weighted by Crippen LogP contribution is 2.32. The largest absolute Gasteiger partial charge is 0.394 e. The number of nitrogens with one attached hydrogen (secondary N) is 1. The number of carbonyl (C=O) groups is 1. The van der Waals surface area contributed by atoms with Gasteiger partial charge in [0.15, 0.2) is 12.3 Å². The molecule has 0 spiro atoms. The number of quaternary nitrogens is 4. The van der Waals surface area contributed by atoms with Crippen molar-refractivity contribution in [2.75, 3.05) is 19.7 Å². The van der Waals surface area contributed by atoms with E-state index in [1.807, 2.05) is 0 Å². The summed E-state index contributed by atoms with van der Waals surface area (Å²) in [6.07, 6.45) is -15.2. The maximum absolute atomic E-state index is 12.5. The van der Waals surface area contributed by atoms with E-state index < -0.39 is 104 Å². The first-order chi connectivity index (χ1) is 17.9. The Morgan fingerprint density at radius 3 is 2.08 bits per heavy atom. The van der Waals surface area contributed by atoms with Crippen LogP contribution in [0.25, 0.3) is 0 Å². The van der Waals surface area contributed by atoms with Gasteiger partial charge in [0.25, 0.3) is 0 Å². The summed E-state index contributed by atoms with van der Waals surface area (Å²) < 4.78 is 23.2. The number of rotatable bonds is 10. The third kappa shape index (κ3) is 6.60. The normalized spacial score (nSPS) is 46.6. The number of aliphatic hydroxyl groups excluding tert-OH is 7. The number of hydrogen-bond acceptors (Lipinski definition) is 12. The molecule has 0 radical (unpaired) electrons. The van der Waals surface area contributed by atoms with Gasteiger partial charge in [-0.2, -0.15) is 0 Å². The lowest BCUT2D eigenvalue weighted by atomic mass is 9.83. The highest BCUT2D eigenvalue weighted by Gasteiger charge is 2.54. The lowest BCUT2D eigenvalue weighted by Crippen LogP contribution is -2.82. The molecule has 0 aromatic heterocycles. The Hall–Kier alpha value is -1.13. The standard InChI is InChI=1S/C21H41N5O12/c22-2-1-8(28)19(34)26-7-3-6(24)17(37-20-11(25)15(32)13(30)9(4-23)35-20)18(12(7)29)38-21-16(33)14(31)10(5-27)36-21/h6-18,20-21,27-33H,1-5,22-25H2,(H,26,34)/p+4/t6-,7+,8-,9+,10+,11+,12-,13+,14+,15+,16+,17+,18+,20+,21-/m0/s1. The monoisotopic (exact) mass is 559 g/mol. The minimum Gasteiger partial charge on any atom is -0.394 e. The molecule has 0 bridgehead atoms. The maximum atomic E-state index is 12.5. The molecule has 15 atom stereocenters. The molecule has 17 nitrogen and oxygen atoms in total. The second-order valence-electron chi connectivity index (χ2n) is 10.1. The van der Waals surface area contributed by atoms with Crippen LogP contribution in [0.2, 0.25) is 0 Å². The zero-order valence-electron chi connectivity index (χ0n) is 21.2. The zero-order valence-corrected chi connectivity index (χ0v) is 21.2. The molecule has 2 aliphatic heterocycles. The van der Waals surface area contributed by atoms with Gasteiger partial charge in [-0.05, 0) is 0 Å². The molecule has 2 saturated heterocycles. The smallest absolute Gasteiger partial charge is 0.249 e. The summed E-state index contributed by atoms with van der Waals surface area (Å²) in [7, 11) is 0. The lowest BCUT2D eigenvalue weighted by molar-refractivity contribution is -0.525. The van der Waals surface area contributed by atoms with Crippen LogP contribution in [0.15, 0.2) is 0 Å². The van der Waals surface area contributed by atoms with Crippen LogP contribution in [0.5, 0.6) is 0 Å². The molecular formula is C21H45N5O12+4. The van der Waals surface area contributed by atoms with Gasteiger partial charge >= 0.3 is 0 Å². The molecule has 17 heteroatoms. The van der Waals surface area contributed by atoms with Crippen LogP contribution >= 0.6 is 0 Å². The third-order valence-corrected chi connectivity index (χ3v) is 7.40. The summed E-state index contributed by atoms with van der Waals surface area (Å²) in [4.78, 5) is 12.5. The van der Waals surface area contributed by atoms with Crippen molar-refractivity contribution in [1.29, 1.82) is 0 Å². The van der Waals surface area contributed by atoms with Gasteiger partial charge in [-0.15, -0.1) is 0 Å². The minimum atomic E-state index is -1.57. The van der Waals surface area contributed by atoms with Crippen LogP contribution in [-0.2, 0) is 23.7 Å². The molecule has 3 rings (SSSR count). The van der Waals surface area contributed by atoms with E-state index in [4.69, 9.17) is 18.9 Å². The van der Waals surface area contributed by atoms with E-state index in [0.717, 1.165) is 0 Å². The van der Waals surface area contributed by atoms with Crippen LogP contribution in [0, 0.1) is 0 Å². The first kappa shape index (κ1) is 31.4. The molecular weight excluding hydrogens is 514 g/mol. The predicted molar refractivity (Wildman–Crippen MR) is 120 cm³/mol. The summed E-state index contributed by atoms with van der Waals surface area (Å²) in [5.74, 6) is -0.722. The van der Waals surface area contributed by atoms with Gasteiger partial charge in [0, 0.05) is 12.8 Å². The molecule has 222 valence electrons. The first-order valence-corrected chi connectivity index (χ1v) is 12.8. The fourth-order valence-corrected chi connectivity index (χ4v) is 5.03. The van der Waals surface area contributed by atoms with Crippen LogP contribution in [0.1, 0.15) is 12.8 Å². The molecule has 0 unspecified atom stereocenters. The van der Waals surface area contributed by atoms with Crippen molar-refractivity contribution in [2.45, 2.75) is 105 Å². The van der Waals surface area contributed by atoms with Crippen LogP contribution in [0.4, 0.5) is 0 Å². The summed E-state index contributed by atoms with van der Waals surface area (Å²) in [6.45, 7) is -0.162. The first-order valence-electron chi connectivity index (χ1n) is 12.8. The summed E-state index contributed by atoms with van der Waals surface area (Å²) >= 11 is 0. The number of hydrogen-bond donors (Lipinski definition) is 12. The third-order valence-electron chi connectivity index (χ3n) is 7.40. The molecule has 20 N–H and O–H groups in total. The molecule has 3 fully saturated rings. The summed E-state index contributed by atoms with van der Waals surface area (Å²) in [6, 6.07) is -2.56. The number of aliphatic hydroxyl groups is 7. The Balaban J connectivity index is 1.84. The van der Waals surface area contributed by atoms with E-state index >= 15 is 0 Å². The molecule has 2 heterocycles. The van der Waals surface area contributed by atoms with Gasteiger partial charge in [-0.1, -0.05) is 0 Å². The van der Waals surface area contributed by atoms with E-state index in [0.29, 0.717) is 6.54 Å². The Kier molecular flexibility index (Phi) is 11.1. The SMILES string of the molecule is [NH3+]CC[C@H](O)C(=O)N[C@@H]1C[C@H]([NH3+])[C@@H](O[C@H]2O[C@H](C[NH3+])[C@@H](O)[C@H](O)[C@H]2[NH3+])[C@H](O[C@@H]2O[C@H](CO)[C@@H](O)[C@H]2O)[C@H]1O. The summed E-state index contributed by atoms with van der Waals surface area (Å²) in [5.41, 5.74) is 15.2. The van der Waals surface area contributed by atoms with Crippen molar-refractivity contribution < 1.29 is 82.4 Å². The van der Waals surface area contributed by atoms with E-state index in [1.54, 1.807) is 0 Å². The Morgan fingerprint density at radius 2 is 1.50 bits per heavy atom. The molecule has 3 aliphatic rings. The summed E-state index contributed by atoms with van der Waals surface area (Å²) in [5, 5.41) is 74.5. The molecule has 1 aliphatic carbocycles. The van der Waals surface area contributed by atoms with Crippen molar-refractivity contribution in [2.24, 2.45) is 0 Å². The van der Waals surface area contributed by atoms with Crippen molar-refractivity contribution in [3.63, 3.8) is 0 Å². The fraction of sp³-hybridized carbons (Fsp3) is 0.952. The fourth-order valence-electron chi connectivity index (χ4n) is 5.03. The van der Waals surface area contributed by atoms with Gasteiger partial charge in [-0.25, -0.2) is 0 Å². The van der Waals surface area contributed by atoms with Gasteiger partial charge in [0.1, 0.15) is 73.6 Å². The van der Waals surface area contributed by atoms with Crippen LogP contribution < -0.4 is 28.3 Å². The van der Waals surface area contributed by atoms with E-state index in [9.17, 15) is 40.5 Å². The molecule has 1 saturated carbocycles. The molecule has 0 aromatic rings. The molecule has 0 aromatic carbocycles. The minimum absolute atomic E-state index is 0.0863. The van der Waals surface area contributed by atoms with Gasteiger partial charge in [0.2, 0.25) is 12.2 Å². The van der Waals surface area contributed by atoms with Gasteiger partial charge in [-0.3, -0.25) is 4.79 Å². The van der Waals surface area contributed by atoms with E-state index in [1.165, 1.54) is 0 Å². The Bertz CT molecular complexity index is 770. The van der Waals surface area contributed by atoms with Gasteiger partial charge in [0.05, 0.1) is 19.2 Å². The second kappa shape index (κ2) is 13.5. The zero-order chi connectivity index (χ0) is 28.3. The highest BCUT2D eigenvalue weighted by atomic mass is 16.7. The van der Waals surface area contributed by atoms with Crippen molar-refractivity contribution in [1.82, 2.24) is 5.32 Å². The molecule has 38 heavy (non-hydrogen) atoms. The van der Waals surface area contributed by atoms with E-state index in [2.05, 4.69) is 28.3 Å². The van der Waals surface area contributed by atoms with Crippen molar-refractivity contribution >= 4 is 5.91 Å². The topological polar surface area (TPSA) is 318 Å². The molecule has 1 amide bonds. The van der Waals surface area contributed by atoms with Crippen LogP contribution in [0.3, 0.4) is 0 Å². The number of ether oxygens (including phenoxy) is 4. The highest BCUT2D eigenvalue weighted by molar-refractivity contribution is 5.80.